The van der Waals surface area contributed by atoms with E-state index in [2.05, 4.69) is 31.9 Å². The van der Waals surface area contributed by atoms with Gasteiger partial charge in [-0.2, -0.15) is 0 Å². The number of aromatic nitrogens is 1. The lowest BCUT2D eigenvalue weighted by atomic mass is 9.98. The summed E-state index contributed by atoms with van der Waals surface area (Å²) in [6, 6.07) is 4.09. The maximum absolute atomic E-state index is 9.06. The Kier molecular flexibility index (Phi) is 4.32. The van der Waals surface area contributed by atoms with Crippen molar-refractivity contribution in [3.05, 3.63) is 28.5 Å². The SMILES string of the molecule is OCC1CCN(Cc2ccc(Br)cn2)CC1. The summed E-state index contributed by atoms with van der Waals surface area (Å²) in [5.41, 5.74) is 1.12. The minimum absolute atomic E-state index is 0.338. The molecule has 0 amide bonds. The van der Waals surface area contributed by atoms with Crippen LogP contribution in [0.5, 0.6) is 0 Å². The predicted molar refractivity (Wildman–Crippen MR) is 67.0 cm³/mol. The van der Waals surface area contributed by atoms with E-state index in [0.29, 0.717) is 12.5 Å². The number of hydrogen-bond donors (Lipinski definition) is 1. The molecule has 0 atom stereocenters. The summed E-state index contributed by atoms with van der Waals surface area (Å²) in [7, 11) is 0. The molecule has 1 fully saturated rings. The van der Waals surface area contributed by atoms with E-state index in [9.17, 15) is 0 Å². The van der Waals surface area contributed by atoms with E-state index < -0.39 is 0 Å². The Hall–Kier alpha value is -0.450. The molecule has 88 valence electrons. The highest BCUT2D eigenvalue weighted by molar-refractivity contribution is 9.10. The zero-order valence-corrected chi connectivity index (χ0v) is 10.9. The van der Waals surface area contributed by atoms with Crippen molar-refractivity contribution in [3.8, 4) is 0 Å². The second-order valence-electron chi connectivity index (χ2n) is 4.37. The van der Waals surface area contributed by atoms with E-state index in [-0.39, 0.29) is 0 Å². The van der Waals surface area contributed by atoms with Crippen molar-refractivity contribution in [2.24, 2.45) is 5.92 Å². The van der Waals surface area contributed by atoms with Crippen LogP contribution in [0, 0.1) is 5.92 Å². The first-order valence-electron chi connectivity index (χ1n) is 5.71. The number of pyridine rings is 1. The molecule has 1 aromatic rings. The lowest BCUT2D eigenvalue weighted by Gasteiger charge is -2.30. The monoisotopic (exact) mass is 284 g/mol. The van der Waals surface area contributed by atoms with Crippen LogP contribution in [0.4, 0.5) is 0 Å². The van der Waals surface area contributed by atoms with Gasteiger partial charge in [0.05, 0.1) is 5.69 Å². The molecule has 1 aliphatic heterocycles. The van der Waals surface area contributed by atoms with E-state index in [4.69, 9.17) is 5.11 Å². The summed E-state index contributed by atoms with van der Waals surface area (Å²) in [6.45, 7) is 3.40. The molecule has 2 heterocycles. The molecule has 2 rings (SSSR count). The molecule has 0 aromatic carbocycles. The van der Waals surface area contributed by atoms with E-state index in [1.807, 2.05) is 12.3 Å². The molecule has 3 nitrogen and oxygen atoms in total. The topological polar surface area (TPSA) is 36.4 Å². The number of rotatable bonds is 3. The maximum Gasteiger partial charge on any atom is 0.0544 e. The van der Waals surface area contributed by atoms with Crippen LogP contribution < -0.4 is 0 Å². The quantitative estimate of drug-likeness (QED) is 0.923. The van der Waals surface area contributed by atoms with Gasteiger partial charge in [-0.25, -0.2) is 0 Å². The Morgan fingerprint density at radius 1 is 1.38 bits per heavy atom. The van der Waals surface area contributed by atoms with E-state index in [0.717, 1.165) is 42.6 Å². The fourth-order valence-corrected chi connectivity index (χ4v) is 2.29. The molecule has 1 aliphatic rings. The third-order valence-electron chi connectivity index (χ3n) is 3.14. The number of piperidine rings is 1. The summed E-state index contributed by atoms with van der Waals surface area (Å²) < 4.78 is 1.02. The fraction of sp³-hybridized carbons (Fsp3) is 0.583. The van der Waals surface area contributed by atoms with Crippen LogP contribution in [0.2, 0.25) is 0 Å². The molecule has 0 saturated carbocycles. The van der Waals surface area contributed by atoms with E-state index >= 15 is 0 Å². The Labute approximate surface area is 105 Å². The van der Waals surface area contributed by atoms with Gasteiger partial charge in [0.2, 0.25) is 0 Å². The lowest BCUT2D eigenvalue weighted by molar-refractivity contribution is 0.126. The van der Waals surface area contributed by atoms with Crippen molar-refractivity contribution < 1.29 is 5.11 Å². The number of nitrogens with zero attached hydrogens (tertiary/aromatic N) is 2. The number of halogens is 1. The molecule has 0 bridgehead atoms. The molecule has 0 aliphatic carbocycles. The largest absolute Gasteiger partial charge is 0.396 e. The highest BCUT2D eigenvalue weighted by Crippen LogP contribution is 2.18. The minimum atomic E-state index is 0.338. The Balaban J connectivity index is 1.84. The van der Waals surface area contributed by atoms with Crippen molar-refractivity contribution in [2.45, 2.75) is 19.4 Å². The Morgan fingerprint density at radius 3 is 2.69 bits per heavy atom. The van der Waals surface area contributed by atoms with Gasteiger partial charge in [0.15, 0.2) is 0 Å². The van der Waals surface area contributed by atoms with Gasteiger partial charge in [-0.1, -0.05) is 0 Å². The van der Waals surface area contributed by atoms with Crippen LogP contribution in [0.1, 0.15) is 18.5 Å². The second-order valence-corrected chi connectivity index (χ2v) is 5.29. The average Bonchev–Trinajstić information content (AvgIpc) is 2.33. The molecular formula is C12H17BrN2O. The summed E-state index contributed by atoms with van der Waals surface area (Å²) in [6.07, 6.45) is 4.05. The number of aliphatic hydroxyl groups excluding tert-OH is 1. The van der Waals surface area contributed by atoms with E-state index in [1.165, 1.54) is 0 Å². The van der Waals surface area contributed by atoms with Gasteiger partial charge in [-0.3, -0.25) is 9.88 Å². The Morgan fingerprint density at radius 2 is 2.12 bits per heavy atom. The molecule has 1 saturated heterocycles. The lowest BCUT2D eigenvalue weighted by Crippen LogP contribution is -2.34. The first kappa shape index (κ1) is 12.0. The maximum atomic E-state index is 9.06. The summed E-state index contributed by atoms with van der Waals surface area (Å²) in [5, 5.41) is 9.06. The van der Waals surface area contributed by atoms with Crippen LogP contribution in [0.25, 0.3) is 0 Å². The fourth-order valence-electron chi connectivity index (χ4n) is 2.06. The van der Waals surface area contributed by atoms with Crippen LogP contribution in [-0.4, -0.2) is 34.7 Å². The van der Waals surface area contributed by atoms with Crippen molar-refractivity contribution in [1.29, 1.82) is 0 Å². The zero-order valence-electron chi connectivity index (χ0n) is 9.27. The van der Waals surface area contributed by atoms with Gasteiger partial charge in [0.25, 0.3) is 0 Å². The van der Waals surface area contributed by atoms with Crippen molar-refractivity contribution in [2.75, 3.05) is 19.7 Å². The van der Waals surface area contributed by atoms with Crippen LogP contribution in [0.15, 0.2) is 22.8 Å². The van der Waals surface area contributed by atoms with Crippen LogP contribution >= 0.6 is 15.9 Å². The summed E-state index contributed by atoms with van der Waals surface area (Å²) in [5.74, 6) is 0.508. The highest BCUT2D eigenvalue weighted by Gasteiger charge is 2.18. The van der Waals surface area contributed by atoms with Gasteiger partial charge < -0.3 is 5.11 Å². The third-order valence-corrected chi connectivity index (χ3v) is 3.61. The first-order chi connectivity index (χ1) is 7.78. The van der Waals surface area contributed by atoms with Crippen LogP contribution in [0.3, 0.4) is 0 Å². The predicted octanol–water partition coefficient (Wildman–Crippen LogP) is 2.05. The zero-order chi connectivity index (χ0) is 11.4. The average molecular weight is 285 g/mol. The van der Waals surface area contributed by atoms with Gasteiger partial charge in [-0.15, -0.1) is 0 Å². The molecule has 1 aromatic heterocycles. The standard InChI is InChI=1S/C12H17BrN2O/c13-11-1-2-12(14-7-11)8-15-5-3-10(9-16)4-6-15/h1-2,7,10,16H,3-6,8-9H2. The van der Waals surface area contributed by atoms with Crippen molar-refractivity contribution in [3.63, 3.8) is 0 Å². The smallest absolute Gasteiger partial charge is 0.0544 e. The summed E-state index contributed by atoms with van der Waals surface area (Å²) >= 11 is 3.38. The molecular weight excluding hydrogens is 268 g/mol. The number of hydrogen-bond acceptors (Lipinski definition) is 3. The molecule has 0 unspecified atom stereocenters. The molecule has 16 heavy (non-hydrogen) atoms. The van der Waals surface area contributed by atoms with Gasteiger partial charge in [0.1, 0.15) is 0 Å². The Bertz CT molecular complexity index is 320. The molecule has 1 N–H and O–H groups in total. The minimum Gasteiger partial charge on any atom is -0.396 e. The first-order valence-corrected chi connectivity index (χ1v) is 6.51. The highest BCUT2D eigenvalue weighted by atomic mass is 79.9. The molecule has 4 heteroatoms. The van der Waals surface area contributed by atoms with Crippen LogP contribution in [-0.2, 0) is 6.54 Å². The third kappa shape index (κ3) is 3.27. The number of aliphatic hydroxyl groups is 1. The molecule has 0 radical (unpaired) electrons. The van der Waals surface area contributed by atoms with Gasteiger partial charge >= 0.3 is 0 Å². The number of likely N-dealkylation sites (tertiary alicyclic amines) is 1. The van der Waals surface area contributed by atoms with Crippen molar-refractivity contribution >= 4 is 15.9 Å². The van der Waals surface area contributed by atoms with E-state index in [1.54, 1.807) is 0 Å². The molecule has 0 spiro atoms. The van der Waals surface area contributed by atoms with Gasteiger partial charge in [-0.05, 0) is 59.9 Å². The van der Waals surface area contributed by atoms with Gasteiger partial charge in [0, 0.05) is 23.8 Å². The normalized spacial score (nSPS) is 18.9. The van der Waals surface area contributed by atoms with Crippen molar-refractivity contribution in [1.82, 2.24) is 9.88 Å². The summed E-state index contributed by atoms with van der Waals surface area (Å²) in [4.78, 5) is 6.78. The second kappa shape index (κ2) is 5.75.